The third-order valence-corrected chi connectivity index (χ3v) is 5.41. The first kappa shape index (κ1) is 17.0. The maximum absolute atomic E-state index is 12.1. The second-order valence-corrected chi connectivity index (χ2v) is 7.18. The largest absolute Gasteiger partial charge is 0.480 e. The van der Waals surface area contributed by atoms with Gasteiger partial charge < -0.3 is 10.0 Å². The van der Waals surface area contributed by atoms with Crippen LogP contribution in [-0.2, 0) is 15.0 Å². The van der Waals surface area contributed by atoms with Gasteiger partial charge in [0.25, 0.3) is 10.2 Å². The fourth-order valence-corrected chi connectivity index (χ4v) is 3.65. The quantitative estimate of drug-likeness (QED) is 0.821. The minimum absolute atomic E-state index is 0.296. The lowest BCUT2D eigenvalue weighted by Crippen LogP contribution is -2.54. The van der Waals surface area contributed by atoms with Gasteiger partial charge in [0.15, 0.2) is 0 Å². The van der Waals surface area contributed by atoms with Crippen molar-refractivity contribution in [2.45, 2.75) is 13.0 Å². The van der Waals surface area contributed by atoms with Crippen LogP contribution in [0.1, 0.15) is 6.92 Å². The molecule has 7 nitrogen and oxygen atoms in total. The molecule has 1 fully saturated rings. The Kier molecular flexibility index (Phi) is 5.28. The number of hydrogen-bond donors (Lipinski definition) is 2. The molecule has 0 saturated carbocycles. The average molecular weight is 348 g/mol. The number of nitrogens with zero attached hydrogens (tertiary/aromatic N) is 2. The molecule has 22 heavy (non-hydrogen) atoms. The molecule has 0 unspecified atom stereocenters. The average Bonchev–Trinajstić information content (AvgIpc) is 2.47. The molecule has 1 saturated heterocycles. The Morgan fingerprint density at radius 2 is 1.77 bits per heavy atom. The molecule has 0 aliphatic carbocycles. The van der Waals surface area contributed by atoms with E-state index in [0.29, 0.717) is 31.2 Å². The minimum Gasteiger partial charge on any atom is -0.480 e. The molecule has 0 aromatic heterocycles. The first-order valence-electron chi connectivity index (χ1n) is 6.80. The fourth-order valence-electron chi connectivity index (χ4n) is 2.19. The molecule has 2 N–H and O–H groups in total. The minimum atomic E-state index is -3.79. The van der Waals surface area contributed by atoms with E-state index in [0.717, 1.165) is 5.69 Å². The fraction of sp³-hybridized carbons (Fsp3) is 0.462. The summed E-state index contributed by atoms with van der Waals surface area (Å²) in [5.74, 6) is -1.21. The van der Waals surface area contributed by atoms with Crippen LogP contribution in [0.3, 0.4) is 0 Å². The summed E-state index contributed by atoms with van der Waals surface area (Å²) in [6.45, 7) is 2.95. The Bertz CT molecular complexity index is 627. The summed E-state index contributed by atoms with van der Waals surface area (Å²) in [5.41, 5.74) is 0.980. The third kappa shape index (κ3) is 4.10. The first-order valence-corrected chi connectivity index (χ1v) is 8.62. The van der Waals surface area contributed by atoms with Crippen molar-refractivity contribution in [3.63, 3.8) is 0 Å². The van der Waals surface area contributed by atoms with Crippen molar-refractivity contribution in [2.24, 2.45) is 0 Å². The van der Waals surface area contributed by atoms with Crippen LogP contribution in [0.15, 0.2) is 24.3 Å². The van der Waals surface area contributed by atoms with Gasteiger partial charge in [0.05, 0.1) is 0 Å². The highest BCUT2D eigenvalue weighted by atomic mass is 35.5. The van der Waals surface area contributed by atoms with Gasteiger partial charge in [0.2, 0.25) is 0 Å². The second kappa shape index (κ2) is 6.82. The van der Waals surface area contributed by atoms with Gasteiger partial charge in [-0.05, 0) is 31.2 Å². The lowest BCUT2D eigenvalue weighted by atomic mass is 10.2. The summed E-state index contributed by atoms with van der Waals surface area (Å²) in [6.07, 6.45) is 0. The van der Waals surface area contributed by atoms with E-state index in [4.69, 9.17) is 16.7 Å². The summed E-state index contributed by atoms with van der Waals surface area (Å²) >= 11 is 5.85. The smallest absolute Gasteiger partial charge is 0.321 e. The van der Waals surface area contributed by atoms with Gasteiger partial charge in [-0.2, -0.15) is 17.4 Å². The highest BCUT2D eigenvalue weighted by Crippen LogP contribution is 2.20. The Hall–Kier alpha value is -1.35. The van der Waals surface area contributed by atoms with Crippen LogP contribution >= 0.6 is 11.6 Å². The Labute approximate surface area is 134 Å². The number of piperazine rings is 1. The standard InChI is InChI=1S/C13H18ClN3O4S/c1-10(13(18)19)15-22(20,21)17-8-6-16(7-9-17)12-4-2-11(14)3-5-12/h2-5,10,15H,6-9H2,1H3,(H,18,19)/t10-/m1/s1. The van der Waals surface area contributed by atoms with Gasteiger partial charge in [-0.1, -0.05) is 11.6 Å². The molecular weight excluding hydrogens is 330 g/mol. The molecule has 1 aromatic rings. The Balaban J connectivity index is 1.96. The van der Waals surface area contributed by atoms with E-state index in [-0.39, 0.29) is 0 Å². The van der Waals surface area contributed by atoms with E-state index in [1.54, 1.807) is 12.1 Å². The zero-order chi connectivity index (χ0) is 16.3. The molecule has 1 atom stereocenters. The summed E-state index contributed by atoms with van der Waals surface area (Å²) in [5, 5.41) is 9.44. The van der Waals surface area contributed by atoms with E-state index >= 15 is 0 Å². The highest BCUT2D eigenvalue weighted by Gasteiger charge is 2.29. The predicted molar refractivity (Wildman–Crippen MR) is 84.4 cm³/mol. The number of carboxylic acids is 1. The number of rotatable bonds is 5. The number of anilines is 1. The number of halogens is 1. The monoisotopic (exact) mass is 347 g/mol. The summed E-state index contributed by atoms with van der Waals surface area (Å²) in [6, 6.07) is 6.19. The van der Waals surface area contributed by atoms with Gasteiger partial charge in [-0.15, -0.1) is 0 Å². The van der Waals surface area contributed by atoms with Crippen LogP contribution in [0.4, 0.5) is 5.69 Å². The number of nitrogens with one attached hydrogen (secondary N) is 1. The predicted octanol–water partition coefficient (Wildman–Crippen LogP) is 0.770. The topological polar surface area (TPSA) is 90.0 Å². The summed E-state index contributed by atoms with van der Waals surface area (Å²) in [7, 11) is -3.79. The lowest BCUT2D eigenvalue weighted by molar-refractivity contribution is -0.138. The summed E-state index contributed by atoms with van der Waals surface area (Å²) in [4.78, 5) is 12.8. The number of carbonyl (C=O) groups is 1. The molecule has 0 amide bonds. The van der Waals surface area contributed by atoms with Crippen molar-refractivity contribution in [1.29, 1.82) is 0 Å². The van der Waals surface area contributed by atoms with Crippen molar-refractivity contribution in [3.05, 3.63) is 29.3 Å². The van der Waals surface area contributed by atoms with Crippen LogP contribution in [0.5, 0.6) is 0 Å². The van der Waals surface area contributed by atoms with Crippen LogP contribution in [-0.4, -0.2) is 56.0 Å². The van der Waals surface area contributed by atoms with Crippen LogP contribution < -0.4 is 9.62 Å². The molecule has 0 spiro atoms. The van der Waals surface area contributed by atoms with Crippen molar-refractivity contribution in [3.8, 4) is 0 Å². The first-order chi connectivity index (χ1) is 10.3. The van der Waals surface area contributed by atoms with Gasteiger partial charge >= 0.3 is 5.97 Å². The van der Waals surface area contributed by atoms with Gasteiger partial charge in [0.1, 0.15) is 6.04 Å². The molecule has 1 aliphatic heterocycles. The molecule has 9 heteroatoms. The second-order valence-electron chi connectivity index (χ2n) is 5.05. The molecule has 1 aromatic carbocycles. The molecule has 1 heterocycles. The van der Waals surface area contributed by atoms with Crippen LogP contribution in [0, 0.1) is 0 Å². The molecule has 2 rings (SSSR count). The molecular formula is C13H18ClN3O4S. The van der Waals surface area contributed by atoms with E-state index < -0.39 is 22.2 Å². The number of hydrogen-bond acceptors (Lipinski definition) is 4. The highest BCUT2D eigenvalue weighted by molar-refractivity contribution is 7.87. The SMILES string of the molecule is C[C@@H](NS(=O)(=O)N1CCN(c2ccc(Cl)cc2)CC1)C(=O)O. The van der Waals surface area contributed by atoms with E-state index in [1.807, 2.05) is 12.1 Å². The van der Waals surface area contributed by atoms with Crippen LogP contribution in [0.25, 0.3) is 0 Å². The molecule has 122 valence electrons. The summed E-state index contributed by atoms with van der Waals surface area (Å²) < 4.78 is 27.6. The molecule has 0 bridgehead atoms. The van der Waals surface area contributed by atoms with Crippen LogP contribution in [0.2, 0.25) is 5.02 Å². The van der Waals surface area contributed by atoms with Gasteiger partial charge in [0, 0.05) is 36.9 Å². The van der Waals surface area contributed by atoms with Crippen molar-refractivity contribution >= 4 is 33.5 Å². The van der Waals surface area contributed by atoms with E-state index in [9.17, 15) is 13.2 Å². The Morgan fingerprint density at radius 1 is 1.23 bits per heavy atom. The van der Waals surface area contributed by atoms with Gasteiger partial charge in [-0.25, -0.2) is 0 Å². The molecule has 1 aliphatic rings. The Morgan fingerprint density at radius 3 is 2.27 bits per heavy atom. The number of aliphatic carboxylic acids is 1. The normalized spacial score (nSPS) is 18.2. The maximum Gasteiger partial charge on any atom is 0.321 e. The lowest BCUT2D eigenvalue weighted by Gasteiger charge is -2.35. The number of benzene rings is 1. The van der Waals surface area contributed by atoms with Crippen molar-refractivity contribution in [1.82, 2.24) is 9.03 Å². The zero-order valence-electron chi connectivity index (χ0n) is 12.1. The van der Waals surface area contributed by atoms with E-state index in [1.165, 1.54) is 11.2 Å². The third-order valence-electron chi connectivity index (χ3n) is 3.47. The van der Waals surface area contributed by atoms with E-state index in [2.05, 4.69) is 9.62 Å². The molecule has 0 radical (unpaired) electrons. The maximum atomic E-state index is 12.1. The zero-order valence-corrected chi connectivity index (χ0v) is 13.6. The van der Waals surface area contributed by atoms with Crippen molar-refractivity contribution in [2.75, 3.05) is 31.1 Å². The van der Waals surface area contributed by atoms with Gasteiger partial charge in [-0.3, -0.25) is 4.79 Å². The van der Waals surface area contributed by atoms with Crippen molar-refractivity contribution < 1.29 is 18.3 Å². The number of carboxylic acid groups (broad SMARTS) is 1.